The van der Waals surface area contributed by atoms with Crippen molar-refractivity contribution in [3.63, 3.8) is 0 Å². The molecule has 0 aliphatic rings. The summed E-state index contributed by atoms with van der Waals surface area (Å²) in [4.78, 5) is 17.8. The van der Waals surface area contributed by atoms with Crippen molar-refractivity contribution in [2.75, 3.05) is 21.3 Å². The fourth-order valence-electron chi connectivity index (χ4n) is 3.83. The van der Waals surface area contributed by atoms with E-state index in [-0.39, 0.29) is 11.1 Å². The van der Waals surface area contributed by atoms with Gasteiger partial charge in [0.25, 0.3) is 5.91 Å². The Hall–Kier alpha value is -4.60. The van der Waals surface area contributed by atoms with Crippen LogP contribution < -0.4 is 19.6 Å². The lowest BCUT2D eigenvalue weighted by atomic mass is 10.0. The van der Waals surface area contributed by atoms with E-state index in [2.05, 4.69) is 15.5 Å². The quantitative estimate of drug-likeness (QED) is 0.255. The van der Waals surface area contributed by atoms with Gasteiger partial charge in [0.1, 0.15) is 0 Å². The van der Waals surface area contributed by atoms with Gasteiger partial charge in [-0.05, 0) is 30.3 Å². The highest BCUT2D eigenvalue weighted by Gasteiger charge is 2.32. The van der Waals surface area contributed by atoms with Crippen LogP contribution in [-0.2, 0) is 6.18 Å². The number of amides is 1. The molecule has 190 valence electrons. The summed E-state index contributed by atoms with van der Waals surface area (Å²) in [6.45, 7) is 0. The molecule has 0 radical (unpaired) electrons. The zero-order chi connectivity index (χ0) is 26.6. The maximum absolute atomic E-state index is 13.3. The lowest BCUT2D eigenvalue weighted by Crippen LogP contribution is -2.19. The minimum Gasteiger partial charge on any atom is -0.493 e. The van der Waals surface area contributed by atoms with Gasteiger partial charge >= 0.3 is 6.18 Å². The first-order valence-corrected chi connectivity index (χ1v) is 11.0. The second kappa shape index (κ2) is 10.6. The number of carbonyl (C=O) groups is 1. The summed E-state index contributed by atoms with van der Waals surface area (Å²) < 4.78 is 56.0. The first-order valence-electron chi connectivity index (χ1n) is 11.0. The van der Waals surface area contributed by atoms with E-state index >= 15 is 0 Å². The van der Waals surface area contributed by atoms with Crippen LogP contribution in [0.5, 0.6) is 17.2 Å². The molecule has 1 amide bonds. The normalized spacial score (nSPS) is 11.5. The van der Waals surface area contributed by atoms with Crippen LogP contribution in [0.15, 0.2) is 71.8 Å². The number of pyridine rings is 1. The highest BCUT2D eigenvalue weighted by Crippen LogP contribution is 2.41. The van der Waals surface area contributed by atoms with Crippen LogP contribution in [0.4, 0.5) is 13.2 Å². The number of benzene rings is 3. The topological polar surface area (TPSA) is 82.0 Å². The van der Waals surface area contributed by atoms with E-state index in [1.807, 2.05) is 0 Å². The van der Waals surface area contributed by atoms with Gasteiger partial charge in [-0.2, -0.15) is 18.3 Å². The Morgan fingerprint density at radius 2 is 1.57 bits per heavy atom. The van der Waals surface area contributed by atoms with Gasteiger partial charge < -0.3 is 14.2 Å². The third-order valence-corrected chi connectivity index (χ3v) is 5.56. The van der Waals surface area contributed by atoms with Crippen molar-refractivity contribution >= 4 is 23.0 Å². The second-order valence-electron chi connectivity index (χ2n) is 7.77. The van der Waals surface area contributed by atoms with Crippen LogP contribution in [-0.4, -0.2) is 38.4 Å². The Bertz CT molecular complexity index is 1460. The van der Waals surface area contributed by atoms with E-state index in [0.717, 1.165) is 12.3 Å². The molecular weight excluding hydrogens is 487 g/mol. The number of alkyl halides is 3. The third-order valence-electron chi connectivity index (χ3n) is 5.56. The van der Waals surface area contributed by atoms with Crippen LogP contribution in [0.1, 0.15) is 21.5 Å². The summed E-state index contributed by atoms with van der Waals surface area (Å²) in [5, 5.41) is 4.32. The number of aromatic nitrogens is 1. The third kappa shape index (κ3) is 5.32. The molecule has 4 aromatic rings. The van der Waals surface area contributed by atoms with Gasteiger partial charge in [-0.3, -0.25) is 4.79 Å². The van der Waals surface area contributed by atoms with E-state index < -0.39 is 17.6 Å². The van der Waals surface area contributed by atoms with Crippen LogP contribution in [0.3, 0.4) is 0 Å². The number of hydrogen-bond acceptors (Lipinski definition) is 6. The number of hydrazone groups is 1. The minimum atomic E-state index is -4.55. The lowest BCUT2D eigenvalue weighted by Gasteiger charge is -2.15. The van der Waals surface area contributed by atoms with Gasteiger partial charge in [0.05, 0.1) is 49.9 Å². The van der Waals surface area contributed by atoms with E-state index in [9.17, 15) is 18.0 Å². The molecular formula is C27H22F3N3O4. The predicted molar refractivity (Wildman–Crippen MR) is 133 cm³/mol. The number of para-hydroxylation sites is 1. The molecule has 0 unspecified atom stereocenters. The Kier molecular flexibility index (Phi) is 7.28. The smallest absolute Gasteiger partial charge is 0.417 e. The Morgan fingerprint density at radius 1 is 0.919 bits per heavy atom. The van der Waals surface area contributed by atoms with Crippen LogP contribution in [0.2, 0.25) is 0 Å². The Labute approximate surface area is 210 Å². The molecule has 1 heterocycles. The van der Waals surface area contributed by atoms with Crippen molar-refractivity contribution in [2.24, 2.45) is 5.10 Å². The Morgan fingerprint density at radius 3 is 2.22 bits per heavy atom. The van der Waals surface area contributed by atoms with Crippen LogP contribution >= 0.6 is 0 Å². The molecule has 0 aliphatic carbocycles. The molecule has 0 aliphatic heterocycles. The van der Waals surface area contributed by atoms with Gasteiger partial charge in [0.2, 0.25) is 5.75 Å². The Balaban J connectivity index is 1.73. The van der Waals surface area contributed by atoms with Crippen molar-refractivity contribution in [1.82, 2.24) is 10.4 Å². The maximum Gasteiger partial charge on any atom is 0.417 e. The van der Waals surface area contributed by atoms with Crippen molar-refractivity contribution < 1.29 is 32.2 Å². The number of carbonyl (C=O) groups excluding carboxylic acids is 1. The number of nitrogens with one attached hydrogen (secondary N) is 1. The van der Waals surface area contributed by atoms with E-state index in [1.165, 1.54) is 39.5 Å². The summed E-state index contributed by atoms with van der Waals surface area (Å²) in [6, 6.07) is 16.9. The van der Waals surface area contributed by atoms with E-state index in [1.54, 1.807) is 42.5 Å². The SMILES string of the molecule is COc1cc(-c2cc(C(=O)NN=Cc3ccccc3C(F)(F)F)c3ccccc3n2)cc(OC)c1OC. The number of methoxy groups -OCH3 is 3. The zero-order valence-corrected chi connectivity index (χ0v) is 20.1. The molecule has 0 atom stereocenters. The number of nitrogens with zero attached hydrogens (tertiary/aromatic N) is 2. The van der Waals surface area contributed by atoms with Gasteiger partial charge in [-0.1, -0.05) is 36.4 Å². The van der Waals surface area contributed by atoms with Gasteiger partial charge in [-0.25, -0.2) is 10.4 Å². The fourth-order valence-corrected chi connectivity index (χ4v) is 3.83. The molecule has 0 spiro atoms. The largest absolute Gasteiger partial charge is 0.493 e. The number of ether oxygens (including phenoxy) is 3. The fraction of sp³-hybridized carbons (Fsp3) is 0.148. The average Bonchev–Trinajstić information content (AvgIpc) is 2.91. The number of hydrogen-bond donors (Lipinski definition) is 1. The van der Waals surface area contributed by atoms with E-state index in [4.69, 9.17) is 14.2 Å². The molecule has 0 fully saturated rings. The average molecular weight is 509 g/mol. The molecule has 1 N–H and O–H groups in total. The minimum absolute atomic E-state index is 0.173. The van der Waals surface area contributed by atoms with Crippen molar-refractivity contribution in [1.29, 1.82) is 0 Å². The summed E-state index contributed by atoms with van der Waals surface area (Å²) in [6.07, 6.45) is -3.59. The zero-order valence-electron chi connectivity index (χ0n) is 20.1. The summed E-state index contributed by atoms with van der Waals surface area (Å²) >= 11 is 0. The first kappa shape index (κ1) is 25.5. The molecule has 0 saturated heterocycles. The molecule has 4 rings (SSSR count). The van der Waals surface area contributed by atoms with Gasteiger partial charge in [0, 0.05) is 16.5 Å². The van der Waals surface area contributed by atoms with Gasteiger partial charge in [-0.15, -0.1) is 0 Å². The molecule has 1 aromatic heterocycles. The van der Waals surface area contributed by atoms with Crippen molar-refractivity contribution in [2.45, 2.75) is 6.18 Å². The maximum atomic E-state index is 13.3. The van der Waals surface area contributed by atoms with Crippen LogP contribution in [0, 0.1) is 0 Å². The summed E-state index contributed by atoms with van der Waals surface area (Å²) in [5.41, 5.74) is 3.10. The van der Waals surface area contributed by atoms with E-state index in [0.29, 0.717) is 39.4 Å². The first-order chi connectivity index (χ1) is 17.8. The monoisotopic (exact) mass is 509 g/mol. The summed E-state index contributed by atoms with van der Waals surface area (Å²) in [5.74, 6) is 0.602. The van der Waals surface area contributed by atoms with Crippen LogP contribution in [0.25, 0.3) is 22.2 Å². The molecule has 37 heavy (non-hydrogen) atoms. The molecule has 7 nitrogen and oxygen atoms in total. The lowest BCUT2D eigenvalue weighted by molar-refractivity contribution is -0.137. The molecule has 3 aromatic carbocycles. The summed E-state index contributed by atoms with van der Waals surface area (Å²) in [7, 11) is 4.47. The number of halogens is 3. The highest BCUT2D eigenvalue weighted by atomic mass is 19.4. The van der Waals surface area contributed by atoms with Crippen molar-refractivity contribution in [3.8, 4) is 28.5 Å². The molecule has 10 heteroatoms. The highest BCUT2D eigenvalue weighted by molar-refractivity contribution is 6.07. The predicted octanol–water partition coefficient (Wildman–Crippen LogP) is 5.71. The van der Waals surface area contributed by atoms with Gasteiger partial charge in [0.15, 0.2) is 11.5 Å². The van der Waals surface area contributed by atoms with Crippen molar-refractivity contribution in [3.05, 3.63) is 83.4 Å². The number of fused-ring (bicyclic) bond motifs is 1. The standard InChI is InChI=1S/C27H22F3N3O4/c1-35-23-12-17(13-24(36-2)25(23)37-3)22-14-19(18-9-5-7-11-21(18)32-22)26(34)33-31-15-16-8-4-6-10-20(16)27(28,29)30/h4-15H,1-3H3,(H,33,34). The molecule has 0 bridgehead atoms. The number of rotatable bonds is 7. The molecule has 0 saturated carbocycles. The second-order valence-corrected chi connectivity index (χ2v) is 7.77.